The van der Waals surface area contributed by atoms with Crippen molar-refractivity contribution in [2.24, 2.45) is 5.73 Å². The highest BCUT2D eigenvalue weighted by Gasteiger charge is 2.24. The number of aromatic nitrogens is 1. The first-order valence-corrected chi connectivity index (χ1v) is 10.8. The maximum atomic E-state index is 12.7. The lowest BCUT2D eigenvalue weighted by atomic mass is 9.93. The van der Waals surface area contributed by atoms with Gasteiger partial charge in [-0.1, -0.05) is 49.4 Å². The van der Waals surface area contributed by atoms with Gasteiger partial charge in [-0.05, 0) is 43.5 Å². The first-order valence-electron chi connectivity index (χ1n) is 10.8. The summed E-state index contributed by atoms with van der Waals surface area (Å²) in [5.74, 6) is -0.351. The second-order valence-electron chi connectivity index (χ2n) is 9.00. The Morgan fingerprint density at radius 2 is 1.69 bits per heavy atom. The largest absolute Gasteiger partial charge is 0.444 e. The van der Waals surface area contributed by atoms with Crippen LogP contribution in [0.25, 0.3) is 10.9 Å². The Kier molecular flexibility index (Phi) is 7.20. The number of nitrogens with one attached hydrogen (secondary N) is 3. The van der Waals surface area contributed by atoms with Crippen LogP contribution in [0.4, 0.5) is 4.79 Å². The van der Waals surface area contributed by atoms with E-state index in [1.54, 1.807) is 0 Å². The summed E-state index contributed by atoms with van der Waals surface area (Å²) in [6.45, 7) is 8.12. The highest BCUT2D eigenvalue weighted by atomic mass is 16.6. The summed E-state index contributed by atoms with van der Waals surface area (Å²) in [5, 5.41) is 6.74. The van der Waals surface area contributed by atoms with Crippen LogP contribution in [0, 0.1) is 0 Å². The number of para-hydroxylation sites is 1. The molecular formula is C25H32N4O3. The third-order valence-electron chi connectivity index (χ3n) is 5.25. The average molecular weight is 437 g/mol. The van der Waals surface area contributed by atoms with Gasteiger partial charge in [0.2, 0.25) is 5.91 Å². The van der Waals surface area contributed by atoms with Crippen LogP contribution < -0.4 is 16.4 Å². The number of fused-ring (bicyclic) bond motifs is 1. The molecule has 170 valence electrons. The second-order valence-corrected chi connectivity index (χ2v) is 9.00. The van der Waals surface area contributed by atoms with E-state index in [2.05, 4.69) is 15.6 Å². The van der Waals surface area contributed by atoms with Crippen molar-refractivity contribution >= 4 is 22.9 Å². The standard InChI is InChI=1S/C25H32N4O3/c1-16(20-15-27-21-11-6-5-10-19(20)21)22(26)23(30)28-13-17-8-7-9-18(12-17)14-29-24(31)32-25(2,3)4/h5-12,15-16,22,27H,13-14,26H2,1-4H3,(H,28,30)(H,29,31)/t16-,22?/m0/s1. The number of carbonyl (C=O) groups is 2. The number of hydrogen-bond acceptors (Lipinski definition) is 4. The maximum absolute atomic E-state index is 12.7. The van der Waals surface area contributed by atoms with Crippen molar-refractivity contribution in [2.45, 2.75) is 58.3 Å². The van der Waals surface area contributed by atoms with Crippen LogP contribution in [0.15, 0.2) is 54.7 Å². The first-order chi connectivity index (χ1) is 15.1. The van der Waals surface area contributed by atoms with Gasteiger partial charge in [-0.15, -0.1) is 0 Å². The van der Waals surface area contributed by atoms with E-state index in [9.17, 15) is 9.59 Å². The summed E-state index contributed by atoms with van der Waals surface area (Å²) in [5.41, 5.74) is 9.63. The normalized spacial score (nSPS) is 13.4. The molecule has 0 aliphatic carbocycles. The van der Waals surface area contributed by atoms with Crippen LogP contribution in [0.2, 0.25) is 0 Å². The number of H-pyrrole nitrogens is 1. The zero-order valence-corrected chi connectivity index (χ0v) is 19.1. The van der Waals surface area contributed by atoms with Gasteiger partial charge in [0.1, 0.15) is 5.60 Å². The molecule has 3 rings (SSSR count). The maximum Gasteiger partial charge on any atom is 0.407 e. The smallest absolute Gasteiger partial charge is 0.407 e. The van der Waals surface area contributed by atoms with Crippen LogP contribution in [-0.4, -0.2) is 28.6 Å². The number of rotatable bonds is 7. The van der Waals surface area contributed by atoms with Gasteiger partial charge in [0, 0.05) is 36.1 Å². The molecule has 0 aliphatic heterocycles. The summed E-state index contributed by atoms with van der Waals surface area (Å²) in [6.07, 6.45) is 1.46. The van der Waals surface area contributed by atoms with E-state index in [4.69, 9.17) is 10.5 Å². The molecule has 1 unspecified atom stereocenters. The minimum Gasteiger partial charge on any atom is -0.444 e. The van der Waals surface area contributed by atoms with Crippen molar-refractivity contribution < 1.29 is 14.3 Å². The fourth-order valence-electron chi connectivity index (χ4n) is 3.54. The number of amides is 2. The van der Waals surface area contributed by atoms with Gasteiger partial charge in [-0.25, -0.2) is 4.79 Å². The minimum absolute atomic E-state index is 0.143. The van der Waals surface area contributed by atoms with E-state index in [0.29, 0.717) is 13.1 Å². The molecule has 5 N–H and O–H groups in total. The van der Waals surface area contributed by atoms with E-state index in [-0.39, 0.29) is 11.8 Å². The topological polar surface area (TPSA) is 109 Å². The number of hydrogen-bond donors (Lipinski definition) is 4. The summed E-state index contributed by atoms with van der Waals surface area (Å²) in [4.78, 5) is 27.8. The predicted molar refractivity (Wildman–Crippen MR) is 126 cm³/mol. The number of alkyl carbamates (subject to hydrolysis) is 1. The first kappa shape index (κ1) is 23.3. The monoisotopic (exact) mass is 436 g/mol. The number of ether oxygens (including phenoxy) is 1. The fraction of sp³-hybridized carbons (Fsp3) is 0.360. The molecule has 0 fully saturated rings. The summed E-state index contributed by atoms with van der Waals surface area (Å²) in [6, 6.07) is 15.0. The Hall–Kier alpha value is -3.32. The lowest BCUT2D eigenvalue weighted by molar-refractivity contribution is -0.122. The zero-order valence-electron chi connectivity index (χ0n) is 19.1. The third kappa shape index (κ3) is 6.11. The van der Waals surface area contributed by atoms with Gasteiger partial charge in [-0.3, -0.25) is 4.79 Å². The van der Waals surface area contributed by atoms with Crippen LogP contribution >= 0.6 is 0 Å². The van der Waals surface area contributed by atoms with E-state index in [0.717, 1.165) is 27.6 Å². The van der Waals surface area contributed by atoms with Crippen molar-refractivity contribution in [2.75, 3.05) is 0 Å². The molecule has 0 aliphatic rings. The molecule has 1 heterocycles. The van der Waals surface area contributed by atoms with Crippen molar-refractivity contribution in [3.05, 3.63) is 71.4 Å². The van der Waals surface area contributed by atoms with E-state index >= 15 is 0 Å². The Labute approximate surface area is 188 Å². The quantitative estimate of drug-likeness (QED) is 0.450. The highest BCUT2D eigenvalue weighted by Crippen LogP contribution is 2.27. The molecule has 0 saturated heterocycles. The average Bonchev–Trinajstić information content (AvgIpc) is 3.18. The van der Waals surface area contributed by atoms with E-state index in [1.807, 2.05) is 82.4 Å². The Morgan fingerprint density at radius 3 is 2.38 bits per heavy atom. The molecular weight excluding hydrogens is 404 g/mol. The van der Waals surface area contributed by atoms with Crippen LogP contribution in [0.5, 0.6) is 0 Å². The predicted octanol–water partition coefficient (Wildman–Crippen LogP) is 3.94. The minimum atomic E-state index is -0.675. The number of aromatic amines is 1. The SMILES string of the molecule is C[C@@H](c1c[nH]c2ccccc12)C(N)C(=O)NCc1cccc(CNC(=O)OC(C)(C)C)c1. The van der Waals surface area contributed by atoms with Crippen molar-refractivity contribution in [3.63, 3.8) is 0 Å². The summed E-state index contributed by atoms with van der Waals surface area (Å²) < 4.78 is 5.25. The van der Waals surface area contributed by atoms with Crippen molar-refractivity contribution in [3.8, 4) is 0 Å². The molecule has 0 radical (unpaired) electrons. The Bertz CT molecular complexity index is 1080. The van der Waals surface area contributed by atoms with Crippen LogP contribution in [-0.2, 0) is 22.6 Å². The molecule has 2 aromatic carbocycles. The molecule has 0 spiro atoms. The lowest BCUT2D eigenvalue weighted by Gasteiger charge is -2.20. The van der Waals surface area contributed by atoms with Crippen LogP contribution in [0.1, 0.15) is 50.3 Å². The molecule has 32 heavy (non-hydrogen) atoms. The highest BCUT2D eigenvalue weighted by molar-refractivity contribution is 5.87. The Balaban J connectivity index is 1.55. The third-order valence-corrected chi connectivity index (χ3v) is 5.25. The van der Waals surface area contributed by atoms with E-state index in [1.165, 1.54) is 0 Å². The number of carbonyl (C=O) groups excluding carboxylic acids is 2. The van der Waals surface area contributed by atoms with E-state index < -0.39 is 17.7 Å². The van der Waals surface area contributed by atoms with Gasteiger partial charge in [-0.2, -0.15) is 0 Å². The summed E-state index contributed by atoms with van der Waals surface area (Å²) in [7, 11) is 0. The molecule has 0 bridgehead atoms. The van der Waals surface area contributed by atoms with Gasteiger partial charge in [0.15, 0.2) is 0 Å². The fourth-order valence-corrected chi connectivity index (χ4v) is 3.54. The molecule has 7 heteroatoms. The van der Waals surface area contributed by atoms with Gasteiger partial charge in [0.05, 0.1) is 6.04 Å². The molecule has 2 amide bonds. The van der Waals surface area contributed by atoms with Gasteiger partial charge in [0.25, 0.3) is 0 Å². The van der Waals surface area contributed by atoms with Gasteiger partial charge >= 0.3 is 6.09 Å². The molecule has 1 aromatic heterocycles. The Morgan fingerprint density at radius 1 is 1.03 bits per heavy atom. The molecule has 2 atom stereocenters. The van der Waals surface area contributed by atoms with Crippen molar-refractivity contribution in [1.82, 2.24) is 15.6 Å². The second kappa shape index (κ2) is 9.87. The molecule has 7 nitrogen and oxygen atoms in total. The van der Waals surface area contributed by atoms with Gasteiger partial charge < -0.3 is 26.1 Å². The zero-order chi connectivity index (χ0) is 23.3. The molecule has 3 aromatic rings. The summed E-state index contributed by atoms with van der Waals surface area (Å²) >= 11 is 0. The number of nitrogens with two attached hydrogens (primary N) is 1. The molecule has 0 saturated carbocycles. The van der Waals surface area contributed by atoms with Crippen LogP contribution in [0.3, 0.4) is 0 Å². The number of benzene rings is 2. The van der Waals surface area contributed by atoms with Crippen molar-refractivity contribution in [1.29, 1.82) is 0 Å². The lowest BCUT2D eigenvalue weighted by Crippen LogP contribution is -2.43.